The van der Waals surface area contributed by atoms with Crippen LogP contribution in [0.4, 0.5) is 5.69 Å². The highest BCUT2D eigenvalue weighted by atomic mass is 79.9. The Kier molecular flexibility index (Phi) is 4.28. The average Bonchev–Trinajstić information content (AvgIpc) is 2.82. The van der Waals surface area contributed by atoms with Crippen LogP contribution >= 0.6 is 27.3 Å². The number of nitrogens with one attached hydrogen (secondary N) is 1. The van der Waals surface area contributed by atoms with E-state index in [-0.39, 0.29) is 11.6 Å². The fourth-order valence-corrected chi connectivity index (χ4v) is 2.84. The Bertz CT molecular complexity index is 610. The van der Waals surface area contributed by atoms with Crippen molar-refractivity contribution in [3.8, 4) is 0 Å². The van der Waals surface area contributed by atoms with E-state index in [0.717, 1.165) is 9.35 Å². The Hall–Kier alpha value is -1.73. The first-order valence-corrected chi connectivity index (χ1v) is 6.99. The van der Waals surface area contributed by atoms with Crippen molar-refractivity contribution in [1.29, 1.82) is 0 Å². The molecule has 98 valence electrons. The number of rotatable bonds is 4. The maximum Gasteiger partial charge on any atom is 0.269 e. The van der Waals surface area contributed by atoms with E-state index in [4.69, 9.17) is 0 Å². The van der Waals surface area contributed by atoms with Gasteiger partial charge in [-0.2, -0.15) is 0 Å². The third-order valence-corrected chi connectivity index (χ3v) is 4.08. The summed E-state index contributed by atoms with van der Waals surface area (Å²) in [5.41, 5.74) is 0.375. The van der Waals surface area contributed by atoms with Crippen LogP contribution in [0.15, 0.2) is 40.2 Å². The number of halogens is 1. The molecule has 0 unspecified atom stereocenters. The summed E-state index contributed by atoms with van der Waals surface area (Å²) < 4.78 is 0.983. The van der Waals surface area contributed by atoms with Gasteiger partial charge in [0.2, 0.25) is 0 Å². The zero-order valence-corrected chi connectivity index (χ0v) is 12.0. The molecule has 1 aromatic heterocycles. The molecule has 19 heavy (non-hydrogen) atoms. The maximum absolute atomic E-state index is 11.8. The minimum absolute atomic E-state index is 0.0289. The number of nitrogens with zero attached hydrogens (tertiary/aromatic N) is 1. The molecule has 7 heteroatoms. The van der Waals surface area contributed by atoms with Crippen molar-refractivity contribution in [1.82, 2.24) is 5.32 Å². The number of thiophene rings is 1. The van der Waals surface area contributed by atoms with Crippen molar-refractivity contribution in [3.63, 3.8) is 0 Å². The fourth-order valence-electron chi connectivity index (χ4n) is 1.45. The van der Waals surface area contributed by atoms with E-state index in [9.17, 15) is 14.9 Å². The minimum Gasteiger partial charge on any atom is -0.347 e. The molecule has 1 N–H and O–H groups in total. The van der Waals surface area contributed by atoms with Crippen LogP contribution in [0, 0.1) is 10.1 Å². The first-order valence-electron chi connectivity index (χ1n) is 5.32. The van der Waals surface area contributed by atoms with Gasteiger partial charge in [0.1, 0.15) is 0 Å². The number of nitro groups is 1. The molecule has 1 aromatic carbocycles. The molecule has 0 bridgehead atoms. The Balaban J connectivity index is 1.98. The smallest absolute Gasteiger partial charge is 0.269 e. The lowest BCUT2D eigenvalue weighted by Gasteiger charge is -2.03. The molecule has 0 saturated carbocycles. The number of carbonyl (C=O) groups excluding carboxylic acids is 1. The average molecular weight is 341 g/mol. The summed E-state index contributed by atoms with van der Waals surface area (Å²) in [6.07, 6.45) is 0. The van der Waals surface area contributed by atoms with Gasteiger partial charge in [0, 0.05) is 32.4 Å². The SMILES string of the molecule is O=C(NCc1cc(Br)cs1)c1ccc([N+](=O)[O-])cc1. The molecule has 2 rings (SSSR count). The summed E-state index contributed by atoms with van der Waals surface area (Å²) in [5, 5.41) is 15.2. The number of nitro benzene ring substituents is 1. The first-order chi connectivity index (χ1) is 9.06. The minimum atomic E-state index is -0.495. The number of non-ortho nitro benzene ring substituents is 1. The van der Waals surface area contributed by atoms with Gasteiger partial charge in [-0.15, -0.1) is 11.3 Å². The summed E-state index contributed by atoms with van der Waals surface area (Å²) in [7, 11) is 0. The highest BCUT2D eigenvalue weighted by Gasteiger charge is 2.09. The van der Waals surface area contributed by atoms with E-state index in [1.54, 1.807) is 11.3 Å². The van der Waals surface area contributed by atoms with Crippen LogP contribution < -0.4 is 5.32 Å². The molecular weight excluding hydrogens is 332 g/mol. The monoisotopic (exact) mass is 340 g/mol. The quantitative estimate of drug-likeness (QED) is 0.685. The molecule has 1 amide bonds. The number of amides is 1. The van der Waals surface area contributed by atoms with Crippen LogP contribution in [0.3, 0.4) is 0 Å². The Morgan fingerprint density at radius 1 is 1.37 bits per heavy atom. The van der Waals surface area contributed by atoms with Crippen molar-refractivity contribution in [2.24, 2.45) is 0 Å². The van der Waals surface area contributed by atoms with Gasteiger partial charge in [-0.05, 0) is 34.1 Å². The summed E-state index contributed by atoms with van der Waals surface area (Å²) >= 11 is 4.88. The lowest BCUT2D eigenvalue weighted by Crippen LogP contribution is -2.22. The summed E-state index contributed by atoms with van der Waals surface area (Å²) in [6, 6.07) is 7.45. The Morgan fingerprint density at radius 2 is 2.05 bits per heavy atom. The molecule has 0 aliphatic carbocycles. The molecule has 0 radical (unpaired) electrons. The summed E-state index contributed by atoms with van der Waals surface area (Å²) in [4.78, 5) is 22.8. The van der Waals surface area contributed by atoms with Gasteiger partial charge in [-0.25, -0.2) is 0 Å². The fraction of sp³-hybridized carbons (Fsp3) is 0.0833. The van der Waals surface area contributed by atoms with Crippen molar-refractivity contribution >= 4 is 38.9 Å². The summed E-state index contributed by atoms with van der Waals surface area (Å²) in [5.74, 6) is -0.251. The molecule has 0 atom stereocenters. The number of hydrogen-bond donors (Lipinski definition) is 1. The topological polar surface area (TPSA) is 72.2 Å². The standard InChI is InChI=1S/C12H9BrN2O3S/c13-9-5-11(19-7-9)6-14-12(16)8-1-3-10(4-2-8)15(17)18/h1-5,7H,6H2,(H,14,16). The Labute approximate surface area is 121 Å². The van der Waals surface area contributed by atoms with Crippen LogP contribution in [0.5, 0.6) is 0 Å². The van der Waals surface area contributed by atoms with E-state index >= 15 is 0 Å². The molecule has 0 aliphatic rings. The zero-order chi connectivity index (χ0) is 13.8. The third kappa shape index (κ3) is 3.62. The van der Waals surface area contributed by atoms with Crippen LogP contribution in [-0.4, -0.2) is 10.8 Å². The summed E-state index contributed by atoms with van der Waals surface area (Å²) in [6.45, 7) is 0.437. The maximum atomic E-state index is 11.8. The van der Waals surface area contributed by atoms with E-state index in [2.05, 4.69) is 21.2 Å². The first kappa shape index (κ1) is 13.7. The number of carbonyl (C=O) groups is 1. The highest BCUT2D eigenvalue weighted by molar-refractivity contribution is 9.10. The van der Waals surface area contributed by atoms with Crippen molar-refractivity contribution in [3.05, 3.63) is 60.7 Å². The lowest BCUT2D eigenvalue weighted by molar-refractivity contribution is -0.384. The second-order valence-electron chi connectivity index (χ2n) is 3.72. The molecule has 0 fully saturated rings. The van der Waals surface area contributed by atoms with Crippen LogP contribution in [0.2, 0.25) is 0 Å². The van der Waals surface area contributed by atoms with Crippen molar-refractivity contribution in [2.75, 3.05) is 0 Å². The van der Waals surface area contributed by atoms with Gasteiger partial charge >= 0.3 is 0 Å². The number of hydrogen-bond acceptors (Lipinski definition) is 4. The van der Waals surface area contributed by atoms with E-state index in [1.165, 1.54) is 24.3 Å². The van der Waals surface area contributed by atoms with Gasteiger partial charge in [-0.3, -0.25) is 14.9 Å². The predicted molar refractivity (Wildman–Crippen MR) is 76.3 cm³/mol. The zero-order valence-electron chi connectivity index (χ0n) is 9.63. The molecule has 0 aliphatic heterocycles. The third-order valence-electron chi connectivity index (χ3n) is 2.39. The van der Waals surface area contributed by atoms with Gasteiger partial charge in [0.15, 0.2) is 0 Å². The Morgan fingerprint density at radius 3 is 2.58 bits per heavy atom. The normalized spacial score (nSPS) is 10.2. The van der Waals surface area contributed by atoms with Gasteiger partial charge < -0.3 is 5.32 Å². The van der Waals surface area contributed by atoms with Crippen LogP contribution in [-0.2, 0) is 6.54 Å². The molecule has 0 saturated heterocycles. The van der Waals surface area contributed by atoms with Gasteiger partial charge in [0.25, 0.3) is 11.6 Å². The predicted octanol–water partition coefficient (Wildman–Crippen LogP) is 3.35. The molecule has 5 nitrogen and oxygen atoms in total. The highest BCUT2D eigenvalue weighted by Crippen LogP contribution is 2.19. The molecule has 1 heterocycles. The molecule has 0 spiro atoms. The van der Waals surface area contributed by atoms with Gasteiger partial charge in [0.05, 0.1) is 11.5 Å². The second-order valence-corrected chi connectivity index (χ2v) is 5.63. The van der Waals surface area contributed by atoms with Gasteiger partial charge in [-0.1, -0.05) is 0 Å². The van der Waals surface area contributed by atoms with Crippen LogP contribution in [0.25, 0.3) is 0 Å². The lowest BCUT2D eigenvalue weighted by atomic mass is 10.2. The largest absolute Gasteiger partial charge is 0.347 e. The van der Waals surface area contributed by atoms with Crippen LogP contribution in [0.1, 0.15) is 15.2 Å². The van der Waals surface area contributed by atoms with Crippen molar-refractivity contribution in [2.45, 2.75) is 6.54 Å². The molecule has 2 aromatic rings. The van der Waals surface area contributed by atoms with E-state index < -0.39 is 4.92 Å². The van der Waals surface area contributed by atoms with Crippen molar-refractivity contribution < 1.29 is 9.72 Å². The van der Waals surface area contributed by atoms with E-state index in [1.807, 2.05) is 11.4 Å². The second kappa shape index (κ2) is 5.94. The van der Waals surface area contributed by atoms with E-state index in [0.29, 0.717) is 12.1 Å². The molecular formula is C12H9BrN2O3S. The number of benzene rings is 1.